The van der Waals surface area contributed by atoms with E-state index >= 15 is 0 Å². The van der Waals surface area contributed by atoms with Crippen LogP contribution in [0.15, 0.2) is 35.0 Å². The number of oxazole rings is 1. The van der Waals surface area contributed by atoms with Gasteiger partial charge in [0.2, 0.25) is 5.89 Å². The van der Waals surface area contributed by atoms with Gasteiger partial charge >= 0.3 is 0 Å². The molecule has 0 saturated heterocycles. The van der Waals surface area contributed by atoms with Crippen molar-refractivity contribution in [1.82, 2.24) is 9.97 Å². The van der Waals surface area contributed by atoms with Gasteiger partial charge in [0.05, 0.1) is 35.5 Å². The summed E-state index contributed by atoms with van der Waals surface area (Å²) in [6.07, 6.45) is 2.74. The fourth-order valence-corrected chi connectivity index (χ4v) is 3.17. The minimum atomic E-state index is -0.583. The van der Waals surface area contributed by atoms with Gasteiger partial charge < -0.3 is 24.9 Å². The fourth-order valence-electron chi connectivity index (χ4n) is 2.71. The summed E-state index contributed by atoms with van der Waals surface area (Å²) in [6, 6.07) is 4.61. The predicted octanol–water partition coefficient (Wildman–Crippen LogP) is 5.57. The van der Waals surface area contributed by atoms with Crippen molar-refractivity contribution in [3.8, 4) is 23.0 Å². The Balaban J connectivity index is 0.00000256. The van der Waals surface area contributed by atoms with Crippen molar-refractivity contribution in [1.29, 1.82) is 0 Å². The molecule has 0 fully saturated rings. The van der Waals surface area contributed by atoms with Gasteiger partial charge in [-0.2, -0.15) is 0 Å². The van der Waals surface area contributed by atoms with Crippen LogP contribution in [-0.4, -0.2) is 29.6 Å². The lowest BCUT2D eigenvalue weighted by molar-refractivity contribution is 0.102. The van der Waals surface area contributed by atoms with E-state index < -0.39 is 11.9 Å². The lowest BCUT2D eigenvalue weighted by Gasteiger charge is -2.09. The Morgan fingerprint density at radius 1 is 1.22 bits per heavy atom. The van der Waals surface area contributed by atoms with Gasteiger partial charge in [-0.3, -0.25) is 9.78 Å². The Labute approximate surface area is 207 Å². The number of aromatic nitrogens is 2. The van der Waals surface area contributed by atoms with E-state index in [1.807, 2.05) is 6.92 Å². The standard InChI is InChI=1S/C20H20Cl2N4O4.2ClH/c1-4-29-15-7-11(5-6-14(15)28-3)20-26-17(18(30-20)10(2)23)19(27)25-16-12(21)8-24-9-13(16)22;;/h5-10H,4,23H2,1-3H3,(H,24,25,27);2*1H/t10-;;/m0../s1. The van der Waals surface area contributed by atoms with E-state index in [0.29, 0.717) is 23.7 Å². The molecule has 1 atom stereocenters. The van der Waals surface area contributed by atoms with Crippen LogP contribution in [0.4, 0.5) is 5.69 Å². The number of hydrogen-bond acceptors (Lipinski definition) is 7. The first kappa shape index (κ1) is 27.8. The number of anilines is 1. The second-order valence-electron chi connectivity index (χ2n) is 6.25. The van der Waals surface area contributed by atoms with Crippen molar-refractivity contribution in [2.45, 2.75) is 19.9 Å². The molecule has 0 unspecified atom stereocenters. The monoisotopic (exact) mass is 522 g/mol. The van der Waals surface area contributed by atoms with Crippen LogP contribution in [0, 0.1) is 0 Å². The number of nitrogens with one attached hydrogen (secondary N) is 1. The first-order chi connectivity index (χ1) is 14.3. The van der Waals surface area contributed by atoms with E-state index in [4.69, 9.17) is 42.8 Å². The van der Waals surface area contributed by atoms with E-state index in [1.54, 1.807) is 32.2 Å². The summed E-state index contributed by atoms with van der Waals surface area (Å²) in [7, 11) is 1.55. The average Bonchev–Trinajstić information content (AvgIpc) is 3.17. The maximum absolute atomic E-state index is 12.9. The average molecular weight is 524 g/mol. The molecule has 1 amide bonds. The van der Waals surface area contributed by atoms with Crippen molar-refractivity contribution < 1.29 is 18.7 Å². The topological polar surface area (TPSA) is 112 Å². The highest BCUT2D eigenvalue weighted by molar-refractivity contribution is 6.39. The van der Waals surface area contributed by atoms with E-state index in [1.165, 1.54) is 12.4 Å². The molecule has 0 aliphatic carbocycles. The summed E-state index contributed by atoms with van der Waals surface area (Å²) in [6.45, 7) is 4.01. The molecule has 32 heavy (non-hydrogen) atoms. The quantitative estimate of drug-likeness (QED) is 0.416. The van der Waals surface area contributed by atoms with Crippen LogP contribution in [0.25, 0.3) is 11.5 Å². The zero-order valence-electron chi connectivity index (χ0n) is 17.3. The molecular weight excluding hydrogens is 502 g/mol. The first-order valence-corrected chi connectivity index (χ1v) is 9.79. The van der Waals surface area contributed by atoms with Crippen LogP contribution < -0.4 is 20.5 Å². The number of nitrogens with two attached hydrogens (primary N) is 1. The molecule has 2 aromatic heterocycles. The van der Waals surface area contributed by atoms with Crippen molar-refractivity contribution in [2.75, 3.05) is 19.0 Å². The van der Waals surface area contributed by atoms with E-state index in [0.717, 1.165) is 0 Å². The molecule has 0 radical (unpaired) electrons. The van der Waals surface area contributed by atoms with Gasteiger partial charge in [0.25, 0.3) is 5.91 Å². The SMILES string of the molecule is CCOc1cc(-c2nc(C(=O)Nc3c(Cl)cncc3Cl)c([C@H](C)N)o2)ccc1OC.Cl.Cl. The molecule has 0 saturated carbocycles. The normalized spacial score (nSPS) is 11.1. The Morgan fingerprint density at radius 3 is 2.44 bits per heavy atom. The molecule has 0 spiro atoms. The highest BCUT2D eigenvalue weighted by Crippen LogP contribution is 2.34. The third-order valence-corrected chi connectivity index (χ3v) is 4.66. The molecule has 0 aliphatic rings. The third kappa shape index (κ3) is 5.96. The lowest BCUT2D eigenvalue weighted by Crippen LogP contribution is -2.17. The number of hydrogen-bond donors (Lipinski definition) is 2. The zero-order chi connectivity index (χ0) is 21.8. The molecule has 2 heterocycles. The zero-order valence-corrected chi connectivity index (χ0v) is 20.5. The number of benzene rings is 1. The van der Waals surface area contributed by atoms with Crippen molar-refractivity contribution in [3.63, 3.8) is 0 Å². The number of carbonyl (C=O) groups excluding carboxylic acids is 1. The molecule has 1 aromatic carbocycles. The largest absolute Gasteiger partial charge is 0.493 e. The van der Waals surface area contributed by atoms with Crippen molar-refractivity contribution in [3.05, 3.63) is 52.1 Å². The number of methoxy groups -OCH3 is 1. The number of ether oxygens (including phenoxy) is 2. The minimum Gasteiger partial charge on any atom is -0.493 e. The third-order valence-electron chi connectivity index (χ3n) is 4.08. The number of pyridine rings is 1. The van der Waals surface area contributed by atoms with Gasteiger partial charge in [-0.15, -0.1) is 24.8 Å². The molecule has 12 heteroatoms. The Kier molecular flexibility index (Phi) is 10.5. The molecule has 3 N–H and O–H groups in total. The number of amides is 1. The van der Waals surface area contributed by atoms with E-state index in [9.17, 15) is 4.79 Å². The van der Waals surface area contributed by atoms with E-state index in [-0.39, 0.29) is 57.9 Å². The molecule has 3 aromatic rings. The van der Waals surface area contributed by atoms with Crippen LogP contribution >= 0.6 is 48.0 Å². The summed E-state index contributed by atoms with van der Waals surface area (Å²) in [5, 5.41) is 3.03. The number of nitrogens with zero attached hydrogens (tertiary/aromatic N) is 2. The van der Waals surface area contributed by atoms with Crippen molar-refractivity contribution in [2.24, 2.45) is 5.73 Å². The van der Waals surface area contributed by atoms with Gasteiger partial charge in [-0.05, 0) is 32.0 Å². The van der Waals surface area contributed by atoms with Gasteiger partial charge in [0.1, 0.15) is 0 Å². The van der Waals surface area contributed by atoms with Crippen LogP contribution in [0.5, 0.6) is 11.5 Å². The van der Waals surface area contributed by atoms with Crippen LogP contribution in [-0.2, 0) is 0 Å². The second-order valence-corrected chi connectivity index (χ2v) is 7.07. The molecule has 174 valence electrons. The smallest absolute Gasteiger partial charge is 0.278 e. The summed E-state index contributed by atoms with van der Waals surface area (Å²) < 4.78 is 16.7. The van der Waals surface area contributed by atoms with Gasteiger partial charge in [-0.25, -0.2) is 4.98 Å². The Morgan fingerprint density at radius 2 is 1.88 bits per heavy atom. The minimum absolute atomic E-state index is 0. The molecule has 0 aliphatic heterocycles. The van der Waals surface area contributed by atoms with Crippen LogP contribution in [0.3, 0.4) is 0 Å². The molecule has 3 rings (SSSR count). The van der Waals surface area contributed by atoms with Gasteiger partial charge in [0.15, 0.2) is 23.0 Å². The second kappa shape index (κ2) is 12.1. The summed E-state index contributed by atoms with van der Waals surface area (Å²) >= 11 is 12.2. The molecular formula is C20H22Cl4N4O4. The molecule has 0 bridgehead atoms. The maximum Gasteiger partial charge on any atom is 0.278 e. The Bertz CT molecular complexity index is 1060. The number of carbonyl (C=O) groups is 1. The maximum atomic E-state index is 12.9. The van der Waals surface area contributed by atoms with Crippen molar-refractivity contribution >= 4 is 59.6 Å². The summed E-state index contributed by atoms with van der Waals surface area (Å²) in [4.78, 5) is 21.1. The number of rotatable bonds is 7. The first-order valence-electron chi connectivity index (χ1n) is 9.03. The summed E-state index contributed by atoms with van der Waals surface area (Å²) in [5.41, 5.74) is 6.85. The van der Waals surface area contributed by atoms with E-state index in [2.05, 4.69) is 15.3 Å². The Hall–Kier alpha value is -2.23. The predicted molar refractivity (Wildman–Crippen MR) is 129 cm³/mol. The van der Waals surface area contributed by atoms with Gasteiger partial charge in [-0.1, -0.05) is 23.2 Å². The highest BCUT2D eigenvalue weighted by atomic mass is 35.5. The van der Waals surface area contributed by atoms with Gasteiger partial charge in [0, 0.05) is 18.0 Å². The highest BCUT2D eigenvalue weighted by Gasteiger charge is 2.25. The fraction of sp³-hybridized carbons (Fsp3) is 0.250. The van der Waals surface area contributed by atoms with Crippen LogP contribution in [0.1, 0.15) is 36.1 Å². The number of halogens is 4. The summed E-state index contributed by atoms with van der Waals surface area (Å²) in [5.74, 6) is 0.963. The molecule has 8 nitrogen and oxygen atoms in total. The van der Waals surface area contributed by atoms with Crippen LogP contribution in [0.2, 0.25) is 10.0 Å². The lowest BCUT2D eigenvalue weighted by atomic mass is 10.2.